The fraction of sp³-hybridized carbons (Fsp3) is 0.190. The third-order valence-electron chi connectivity index (χ3n) is 5.34. The second-order valence-electron chi connectivity index (χ2n) is 7.31. The van der Waals surface area contributed by atoms with Gasteiger partial charge in [0.1, 0.15) is 17.4 Å². The van der Waals surface area contributed by atoms with Crippen LogP contribution in [0.15, 0.2) is 59.6 Å². The normalized spacial score (nSPS) is 17.3. The van der Waals surface area contributed by atoms with Gasteiger partial charge in [-0.15, -0.1) is 0 Å². The molecule has 1 aliphatic rings. The van der Waals surface area contributed by atoms with Gasteiger partial charge in [-0.2, -0.15) is 13.2 Å². The van der Waals surface area contributed by atoms with Gasteiger partial charge >= 0.3 is 11.5 Å². The molecule has 0 spiro atoms. The van der Waals surface area contributed by atoms with Gasteiger partial charge in [0.2, 0.25) is 0 Å². The molecule has 4 rings (SSSR count). The van der Waals surface area contributed by atoms with E-state index in [1.807, 2.05) is 0 Å². The molecular formula is C21H15F4N3O4S. The fourth-order valence-corrected chi connectivity index (χ4v) is 4.34. The lowest BCUT2D eigenvalue weighted by molar-refractivity contribution is -0.119. The molecule has 3 aromatic rings. The van der Waals surface area contributed by atoms with Gasteiger partial charge in [-0.1, -0.05) is 12.1 Å². The number of para-hydroxylation sites is 1. The summed E-state index contributed by atoms with van der Waals surface area (Å²) in [4.78, 5) is 30.8. The minimum atomic E-state index is -5.57. The van der Waals surface area contributed by atoms with Crippen molar-refractivity contribution in [3.05, 3.63) is 66.1 Å². The fourth-order valence-electron chi connectivity index (χ4n) is 3.58. The highest BCUT2D eigenvalue weighted by molar-refractivity contribution is 7.92. The average molecular weight is 481 g/mol. The second kappa shape index (κ2) is 7.80. The van der Waals surface area contributed by atoms with E-state index in [9.17, 15) is 35.6 Å². The molecule has 2 heterocycles. The molecule has 0 N–H and O–H groups in total. The molecule has 0 radical (unpaired) electrons. The number of sulfone groups is 1. The molecule has 1 atom stereocenters. The Kier molecular flexibility index (Phi) is 5.35. The third kappa shape index (κ3) is 3.69. The zero-order chi connectivity index (χ0) is 24.1. The summed E-state index contributed by atoms with van der Waals surface area (Å²) in [5, 5.41) is 0.463. The van der Waals surface area contributed by atoms with Gasteiger partial charge in [0, 0.05) is 18.1 Å². The summed E-state index contributed by atoms with van der Waals surface area (Å²) in [6.45, 7) is 1.43. The number of imide groups is 1. The molecule has 2 aromatic carbocycles. The van der Waals surface area contributed by atoms with Gasteiger partial charge in [0.05, 0.1) is 10.6 Å². The van der Waals surface area contributed by atoms with E-state index >= 15 is 0 Å². The quantitative estimate of drug-likeness (QED) is 0.415. The van der Waals surface area contributed by atoms with E-state index in [4.69, 9.17) is 0 Å². The van der Waals surface area contributed by atoms with Crippen LogP contribution in [0.5, 0.6) is 0 Å². The Hall–Kier alpha value is -3.54. The number of pyridine rings is 1. The molecule has 33 heavy (non-hydrogen) atoms. The van der Waals surface area contributed by atoms with Crippen molar-refractivity contribution >= 4 is 38.4 Å². The number of rotatable bonds is 4. The van der Waals surface area contributed by atoms with Gasteiger partial charge < -0.3 is 4.90 Å². The Bertz CT molecular complexity index is 1370. The Morgan fingerprint density at radius 1 is 1.03 bits per heavy atom. The standard InChI is InChI=1S/C21H15F4N3O4S/c1-12-19(29)28(14-5-7-15(8-6-14)33(31,32)21(23,24)25)20(30)27(12)11-13-9-10-26-18-16(13)3-2-4-17(18)22/h2-10,12H,11H2,1H3. The molecule has 3 amide bonds. The van der Waals surface area contributed by atoms with E-state index < -0.39 is 44.0 Å². The molecule has 12 heteroatoms. The van der Waals surface area contributed by atoms with Gasteiger partial charge in [0.15, 0.2) is 0 Å². The summed E-state index contributed by atoms with van der Waals surface area (Å²) < 4.78 is 75.4. The summed E-state index contributed by atoms with van der Waals surface area (Å²) in [7, 11) is -5.57. The molecule has 1 aliphatic heterocycles. The third-order valence-corrected chi connectivity index (χ3v) is 6.85. The Morgan fingerprint density at radius 2 is 1.70 bits per heavy atom. The van der Waals surface area contributed by atoms with Crippen LogP contribution < -0.4 is 4.90 Å². The minimum absolute atomic E-state index is 0.0503. The first-order chi connectivity index (χ1) is 15.4. The number of alkyl halides is 3. The SMILES string of the molecule is CC1C(=O)N(c2ccc(S(=O)(=O)C(F)(F)F)cc2)C(=O)N1Cc1ccnc2c(F)cccc12. The summed E-state index contributed by atoms with van der Waals surface area (Å²) in [6.07, 6.45) is 1.38. The number of fused-ring (bicyclic) bond motifs is 1. The highest BCUT2D eigenvalue weighted by atomic mass is 32.2. The Labute approximate surface area is 185 Å². The summed E-state index contributed by atoms with van der Waals surface area (Å²) in [5.41, 5.74) is -4.91. The maximum atomic E-state index is 14.1. The van der Waals surface area contributed by atoms with E-state index in [1.165, 1.54) is 30.2 Å². The largest absolute Gasteiger partial charge is 0.501 e. The van der Waals surface area contributed by atoms with Crippen molar-refractivity contribution in [2.24, 2.45) is 0 Å². The molecule has 0 aliphatic carbocycles. The topological polar surface area (TPSA) is 87.7 Å². The number of aromatic nitrogens is 1. The van der Waals surface area contributed by atoms with Gasteiger partial charge in [0.25, 0.3) is 15.7 Å². The van der Waals surface area contributed by atoms with Crippen molar-refractivity contribution < 1.29 is 35.6 Å². The highest BCUT2D eigenvalue weighted by Crippen LogP contribution is 2.33. The number of urea groups is 1. The van der Waals surface area contributed by atoms with Crippen molar-refractivity contribution in [1.29, 1.82) is 0 Å². The molecule has 1 saturated heterocycles. The van der Waals surface area contributed by atoms with E-state index in [0.717, 1.165) is 17.0 Å². The first-order valence-electron chi connectivity index (χ1n) is 9.51. The molecular weight excluding hydrogens is 466 g/mol. The van der Waals surface area contributed by atoms with Gasteiger partial charge in [-0.25, -0.2) is 22.5 Å². The zero-order valence-corrected chi connectivity index (χ0v) is 17.7. The van der Waals surface area contributed by atoms with E-state index in [2.05, 4.69) is 4.98 Å². The summed E-state index contributed by atoms with van der Waals surface area (Å²) >= 11 is 0. The van der Waals surface area contributed by atoms with Crippen LogP contribution in [0.25, 0.3) is 10.9 Å². The number of amides is 3. The van der Waals surface area contributed by atoms with Crippen LogP contribution in [0.3, 0.4) is 0 Å². The predicted octanol–water partition coefficient (Wildman–Crippen LogP) is 4.02. The maximum absolute atomic E-state index is 14.1. The Morgan fingerprint density at radius 3 is 2.33 bits per heavy atom. The van der Waals surface area contributed by atoms with Crippen LogP contribution in [-0.2, 0) is 21.2 Å². The Balaban J connectivity index is 1.64. The molecule has 172 valence electrons. The number of halogens is 4. The van der Waals surface area contributed by atoms with Crippen molar-refractivity contribution in [1.82, 2.24) is 9.88 Å². The smallest absolute Gasteiger partial charge is 0.308 e. The monoisotopic (exact) mass is 481 g/mol. The van der Waals surface area contributed by atoms with Crippen molar-refractivity contribution in [3.63, 3.8) is 0 Å². The highest BCUT2D eigenvalue weighted by Gasteiger charge is 2.47. The average Bonchev–Trinajstić information content (AvgIpc) is 2.97. The van der Waals surface area contributed by atoms with Crippen LogP contribution in [-0.4, -0.2) is 41.8 Å². The predicted molar refractivity (Wildman–Crippen MR) is 109 cm³/mol. The van der Waals surface area contributed by atoms with Crippen LogP contribution in [0, 0.1) is 5.82 Å². The van der Waals surface area contributed by atoms with Crippen LogP contribution in [0.4, 0.5) is 28.0 Å². The van der Waals surface area contributed by atoms with Crippen molar-refractivity contribution in [2.75, 3.05) is 4.90 Å². The lowest BCUT2D eigenvalue weighted by Crippen LogP contribution is -2.33. The summed E-state index contributed by atoms with van der Waals surface area (Å²) in [6, 6.07) is 7.58. The number of hydrogen-bond donors (Lipinski definition) is 0. The lowest BCUT2D eigenvalue weighted by Gasteiger charge is -2.20. The molecule has 1 unspecified atom stereocenters. The van der Waals surface area contributed by atoms with Gasteiger partial charge in [-0.3, -0.25) is 9.78 Å². The zero-order valence-electron chi connectivity index (χ0n) is 16.9. The van der Waals surface area contributed by atoms with Crippen LogP contribution in [0.1, 0.15) is 12.5 Å². The van der Waals surface area contributed by atoms with Crippen molar-refractivity contribution in [2.45, 2.75) is 29.9 Å². The molecule has 7 nitrogen and oxygen atoms in total. The van der Waals surface area contributed by atoms with Crippen LogP contribution in [0.2, 0.25) is 0 Å². The number of anilines is 1. The first kappa shape index (κ1) is 22.6. The van der Waals surface area contributed by atoms with Gasteiger partial charge in [-0.05, 0) is 48.9 Å². The number of carbonyl (C=O) groups is 2. The minimum Gasteiger partial charge on any atom is -0.308 e. The van der Waals surface area contributed by atoms with E-state index in [0.29, 0.717) is 23.1 Å². The molecule has 0 saturated carbocycles. The van der Waals surface area contributed by atoms with Crippen molar-refractivity contribution in [3.8, 4) is 0 Å². The summed E-state index contributed by atoms with van der Waals surface area (Å²) in [5.74, 6) is -1.18. The molecule has 1 fully saturated rings. The van der Waals surface area contributed by atoms with E-state index in [-0.39, 0.29) is 17.7 Å². The number of benzene rings is 2. The lowest BCUT2D eigenvalue weighted by atomic mass is 10.1. The maximum Gasteiger partial charge on any atom is 0.501 e. The molecule has 0 bridgehead atoms. The van der Waals surface area contributed by atoms with Crippen LogP contribution >= 0.6 is 0 Å². The first-order valence-corrected chi connectivity index (χ1v) is 11.0. The molecule has 1 aromatic heterocycles. The number of nitrogens with zero attached hydrogens (tertiary/aromatic N) is 3. The number of carbonyl (C=O) groups excluding carboxylic acids is 2. The number of hydrogen-bond acceptors (Lipinski definition) is 5. The van der Waals surface area contributed by atoms with E-state index in [1.54, 1.807) is 12.1 Å². The second-order valence-corrected chi connectivity index (χ2v) is 9.25.